The molecule has 0 unspecified atom stereocenters. The van der Waals surface area contributed by atoms with Crippen LogP contribution in [0.1, 0.15) is 11.3 Å². The highest BCUT2D eigenvalue weighted by molar-refractivity contribution is 5.97. The number of benzene rings is 2. The van der Waals surface area contributed by atoms with E-state index < -0.39 is 24.3 Å². The van der Waals surface area contributed by atoms with Crippen molar-refractivity contribution in [1.82, 2.24) is 14.8 Å². The Morgan fingerprint density at radius 2 is 1.86 bits per heavy atom. The molecule has 0 aliphatic carbocycles. The summed E-state index contributed by atoms with van der Waals surface area (Å²) in [5, 5.41) is 14.5. The summed E-state index contributed by atoms with van der Waals surface area (Å²) in [5.41, 5.74) is -0.248. The van der Waals surface area contributed by atoms with Gasteiger partial charge in [-0.1, -0.05) is 42.5 Å². The van der Waals surface area contributed by atoms with E-state index in [0.29, 0.717) is 5.56 Å². The zero-order valence-electron chi connectivity index (χ0n) is 14.7. The van der Waals surface area contributed by atoms with E-state index in [2.05, 4.69) is 10.1 Å². The van der Waals surface area contributed by atoms with E-state index in [1.807, 2.05) is 24.3 Å². The summed E-state index contributed by atoms with van der Waals surface area (Å²) in [5.74, 6) is -1.21. The molecule has 5 nitrogen and oxygen atoms in total. The van der Waals surface area contributed by atoms with Crippen molar-refractivity contribution in [3.63, 3.8) is 0 Å². The number of carbonyl (C=O) groups is 1. The van der Waals surface area contributed by atoms with Crippen molar-refractivity contribution in [1.29, 1.82) is 0 Å². The van der Waals surface area contributed by atoms with Crippen molar-refractivity contribution < 1.29 is 23.1 Å². The Labute approximate surface area is 157 Å². The van der Waals surface area contributed by atoms with Crippen molar-refractivity contribution >= 4 is 27.8 Å². The lowest BCUT2D eigenvalue weighted by molar-refractivity contribution is -0.138. The van der Waals surface area contributed by atoms with Crippen LogP contribution < -0.4 is 0 Å². The van der Waals surface area contributed by atoms with Gasteiger partial charge < -0.3 is 5.11 Å². The lowest BCUT2D eigenvalue weighted by Gasteiger charge is -2.13. The summed E-state index contributed by atoms with van der Waals surface area (Å²) in [6.07, 6.45) is -4.64. The molecule has 0 saturated carbocycles. The lowest BCUT2D eigenvalue weighted by Crippen LogP contribution is -2.12. The molecule has 28 heavy (non-hydrogen) atoms. The molecule has 2 aromatic heterocycles. The number of aryl methyl sites for hydroxylation is 1. The van der Waals surface area contributed by atoms with Gasteiger partial charge in [-0.25, -0.2) is 9.67 Å². The second-order valence-corrected chi connectivity index (χ2v) is 6.41. The number of carboxylic acid groups (broad SMARTS) is 1. The van der Waals surface area contributed by atoms with E-state index in [9.17, 15) is 18.0 Å². The van der Waals surface area contributed by atoms with Crippen molar-refractivity contribution in [2.24, 2.45) is 0 Å². The van der Waals surface area contributed by atoms with Gasteiger partial charge in [0.2, 0.25) is 0 Å². The Balaban J connectivity index is 2.08. The first kappa shape index (κ1) is 18.0. The molecule has 4 rings (SSSR count). The third-order valence-electron chi connectivity index (χ3n) is 4.53. The third kappa shape index (κ3) is 2.96. The summed E-state index contributed by atoms with van der Waals surface area (Å²) < 4.78 is 42.4. The van der Waals surface area contributed by atoms with Gasteiger partial charge in [0.1, 0.15) is 6.54 Å². The van der Waals surface area contributed by atoms with Crippen molar-refractivity contribution in [3.05, 3.63) is 59.8 Å². The number of aliphatic carboxylic acids is 1. The van der Waals surface area contributed by atoms with Gasteiger partial charge in [-0.3, -0.25) is 4.79 Å². The van der Waals surface area contributed by atoms with E-state index in [-0.39, 0.29) is 22.4 Å². The van der Waals surface area contributed by atoms with Crippen molar-refractivity contribution in [3.8, 4) is 11.3 Å². The highest BCUT2D eigenvalue weighted by Crippen LogP contribution is 2.39. The molecule has 0 spiro atoms. The number of fused-ring (bicyclic) bond motifs is 2. The first-order valence-electron chi connectivity index (χ1n) is 8.41. The largest absolute Gasteiger partial charge is 0.480 e. The Morgan fingerprint density at radius 1 is 1.14 bits per heavy atom. The summed E-state index contributed by atoms with van der Waals surface area (Å²) >= 11 is 0. The molecule has 0 bridgehead atoms. The van der Waals surface area contributed by atoms with Crippen LogP contribution in [0.3, 0.4) is 0 Å². The number of nitrogens with zero attached hydrogens (tertiary/aromatic N) is 3. The standard InChI is InChI=1S/C20H14F3N3O2/c1-11-18-15(20(21,22)23)9-16(24-19(18)26(25-11)10-17(27)28)14-8-4-6-12-5-2-3-7-13(12)14/h2-9H,10H2,1H3,(H,27,28). The molecule has 4 aromatic rings. The van der Waals surface area contributed by atoms with Crippen LogP contribution in [0.5, 0.6) is 0 Å². The molecule has 0 atom stereocenters. The van der Waals surface area contributed by atoms with Crippen LogP contribution in [0, 0.1) is 6.92 Å². The first-order chi connectivity index (χ1) is 13.3. The van der Waals surface area contributed by atoms with E-state index in [0.717, 1.165) is 21.5 Å². The van der Waals surface area contributed by atoms with Crippen LogP contribution in [0.25, 0.3) is 33.1 Å². The molecule has 1 N–H and O–H groups in total. The third-order valence-corrected chi connectivity index (χ3v) is 4.53. The Bertz CT molecular complexity index is 1220. The second kappa shape index (κ2) is 6.33. The minimum Gasteiger partial charge on any atom is -0.480 e. The first-order valence-corrected chi connectivity index (χ1v) is 8.41. The molecule has 2 aromatic carbocycles. The fourth-order valence-corrected chi connectivity index (χ4v) is 3.40. The fraction of sp³-hybridized carbons (Fsp3) is 0.150. The molecule has 0 aliphatic rings. The van der Waals surface area contributed by atoms with Gasteiger partial charge >= 0.3 is 12.1 Å². The number of aromatic nitrogens is 3. The number of halogens is 3. The van der Waals surface area contributed by atoms with E-state index in [4.69, 9.17) is 5.11 Å². The SMILES string of the molecule is Cc1nn(CC(=O)O)c2nc(-c3cccc4ccccc34)cc(C(F)(F)F)c12. The molecule has 2 heterocycles. The maximum absolute atomic E-state index is 13.8. The molecular weight excluding hydrogens is 371 g/mol. The Morgan fingerprint density at radius 3 is 2.57 bits per heavy atom. The Kier molecular flexibility index (Phi) is 4.06. The zero-order chi connectivity index (χ0) is 20.1. The van der Waals surface area contributed by atoms with Crippen LogP contribution in [0.2, 0.25) is 0 Å². The number of alkyl halides is 3. The molecule has 0 saturated heterocycles. The van der Waals surface area contributed by atoms with Crippen LogP contribution in [0.4, 0.5) is 13.2 Å². The maximum atomic E-state index is 13.8. The summed E-state index contributed by atoms with van der Waals surface area (Å²) in [6.45, 7) is 0.836. The van der Waals surface area contributed by atoms with E-state index in [1.165, 1.54) is 6.92 Å². The Hall–Kier alpha value is -3.42. The van der Waals surface area contributed by atoms with Gasteiger partial charge in [0.25, 0.3) is 0 Å². The summed E-state index contributed by atoms with van der Waals surface area (Å²) in [4.78, 5) is 15.5. The van der Waals surface area contributed by atoms with Crippen molar-refractivity contribution in [2.75, 3.05) is 0 Å². The number of pyridine rings is 1. The zero-order valence-corrected chi connectivity index (χ0v) is 14.7. The smallest absolute Gasteiger partial charge is 0.417 e. The lowest BCUT2D eigenvalue weighted by atomic mass is 9.99. The quantitative estimate of drug-likeness (QED) is 0.557. The minimum absolute atomic E-state index is 0.0838. The molecule has 0 fully saturated rings. The van der Waals surface area contributed by atoms with Gasteiger partial charge in [-0.2, -0.15) is 18.3 Å². The van der Waals surface area contributed by atoms with E-state index >= 15 is 0 Å². The maximum Gasteiger partial charge on any atom is 0.417 e. The molecule has 142 valence electrons. The summed E-state index contributed by atoms with van der Waals surface area (Å²) in [7, 11) is 0. The van der Waals surface area contributed by atoms with E-state index in [1.54, 1.807) is 18.2 Å². The van der Waals surface area contributed by atoms with Gasteiger partial charge in [0, 0.05) is 5.56 Å². The highest BCUT2D eigenvalue weighted by Gasteiger charge is 2.36. The average molecular weight is 385 g/mol. The van der Waals surface area contributed by atoms with Crippen LogP contribution in [-0.4, -0.2) is 25.8 Å². The topological polar surface area (TPSA) is 68.0 Å². The van der Waals surface area contributed by atoms with Gasteiger partial charge in [-0.15, -0.1) is 0 Å². The predicted molar refractivity (Wildman–Crippen MR) is 97.8 cm³/mol. The molecule has 0 amide bonds. The normalized spacial score (nSPS) is 12.0. The van der Waals surface area contributed by atoms with Crippen LogP contribution in [0.15, 0.2) is 48.5 Å². The van der Waals surface area contributed by atoms with Gasteiger partial charge in [0.15, 0.2) is 5.65 Å². The van der Waals surface area contributed by atoms with Gasteiger partial charge in [0.05, 0.1) is 22.3 Å². The average Bonchev–Trinajstić information content (AvgIpc) is 2.94. The monoisotopic (exact) mass is 385 g/mol. The number of hydrogen-bond acceptors (Lipinski definition) is 3. The predicted octanol–water partition coefficient (Wildman–Crippen LogP) is 4.66. The number of hydrogen-bond donors (Lipinski definition) is 1. The molecule has 0 aliphatic heterocycles. The number of carboxylic acids is 1. The van der Waals surface area contributed by atoms with Crippen LogP contribution in [-0.2, 0) is 17.5 Å². The van der Waals surface area contributed by atoms with Crippen LogP contribution >= 0.6 is 0 Å². The minimum atomic E-state index is -4.64. The molecule has 8 heteroatoms. The second-order valence-electron chi connectivity index (χ2n) is 6.41. The van der Waals surface area contributed by atoms with Gasteiger partial charge in [-0.05, 0) is 23.8 Å². The molecular formula is C20H14F3N3O2. The summed E-state index contributed by atoms with van der Waals surface area (Å²) in [6, 6.07) is 13.6. The van der Waals surface area contributed by atoms with Crippen molar-refractivity contribution in [2.45, 2.75) is 19.6 Å². The highest BCUT2D eigenvalue weighted by atomic mass is 19.4. The molecule has 0 radical (unpaired) electrons. The number of rotatable bonds is 3. The fourth-order valence-electron chi connectivity index (χ4n) is 3.40.